The number of benzene rings is 2. The summed E-state index contributed by atoms with van der Waals surface area (Å²) in [6.45, 7) is 7.22. The fraction of sp³-hybridized carbons (Fsp3) is 0.316. The maximum atomic E-state index is 12.8. The third kappa shape index (κ3) is 4.67. The van der Waals surface area contributed by atoms with Gasteiger partial charge < -0.3 is 5.32 Å². The topological polar surface area (TPSA) is 75.3 Å². The average molecular weight is 360 g/mol. The lowest BCUT2D eigenvalue weighted by atomic mass is 10.1. The van der Waals surface area contributed by atoms with Crippen LogP contribution in [0.15, 0.2) is 47.4 Å². The first-order valence-corrected chi connectivity index (χ1v) is 9.69. The summed E-state index contributed by atoms with van der Waals surface area (Å²) in [6, 6.07) is 11.8. The molecule has 2 aromatic rings. The average Bonchev–Trinajstić information content (AvgIpc) is 2.52. The minimum Gasteiger partial charge on any atom is -0.325 e. The van der Waals surface area contributed by atoms with E-state index in [1.807, 2.05) is 25.1 Å². The quantitative estimate of drug-likeness (QED) is 0.830. The van der Waals surface area contributed by atoms with E-state index in [1.165, 1.54) is 0 Å². The lowest BCUT2D eigenvalue weighted by molar-refractivity contribution is -0.117. The second kappa shape index (κ2) is 7.80. The van der Waals surface area contributed by atoms with Crippen molar-refractivity contribution in [1.82, 2.24) is 4.72 Å². The zero-order chi connectivity index (χ0) is 18.6. The van der Waals surface area contributed by atoms with E-state index in [-0.39, 0.29) is 10.8 Å². The van der Waals surface area contributed by atoms with Gasteiger partial charge in [0.2, 0.25) is 15.9 Å². The Balaban J connectivity index is 2.24. The lowest BCUT2D eigenvalue weighted by Gasteiger charge is -2.19. The minimum absolute atomic E-state index is 0.240. The van der Waals surface area contributed by atoms with E-state index >= 15 is 0 Å². The summed E-state index contributed by atoms with van der Waals surface area (Å²) in [4.78, 5) is 12.7. The van der Waals surface area contributed by atoms with Gasteiger partial charge in [0, 0.05) is 5.69 Å². The maximum Gasteiger partial charge on any atom is 0.242 e. The zero-order valence-corrected chi connectivity index (χ0v) is 15.8. The van der Waals surface area contributed by atoms with Crippen molar-refractivity contribution in [3.05, 3.63) is 59.2 Å². The summed E-state index contributed by atoms with van der Waals surface area (Å²) < 4.78 is 28.2. The number of sulfonamides is 1. The van der Waals surface area contributed by atoms with Crippen LogP contribution in [-0.4, -0.2) is 20.4 Å². The number of hydrogen-bond acceptors (Lipinski definition) is 3. The van der Waals surface area contributed by atoms with Crippen molar-refractivity contribution in [2.75, 3.05) is 5.32 Å². The molecule has 1 unspecified atom stereocenters. The summed E-state index contributed by atoms with van der Waals surface area (Å²) in [5, 5.41) is 2.74. The molecule has 5 nitrogen and oxygen atoms in total. The molecular formula is C19H24N2O3S. The molecule has 1 atom stereocenters. The van der Waals surface area contributed by atoms with E-state index in [0.29, 0.717) is 23.2 Å². The SMILES string of the molecule is CCC(NS(=O)(=O)c1c(C)cc(C)cc1C)C(=O)Nc1ccccc1. The molecule has 0 spiro atoms. The highest BCUT2D eigenvalue weighted by molar-refractivity contribution is 7.89. The highest BCUT2D eigenvalue weighted by Crippen LogP contribution is 2.22. The number of hydrogen-bond donors (Lipinski definition) is 2. The number of rotatable bonds is 6. The Morgan fingerprint density at radius 1 is 1.04 bits per heavy atom. The van der Waals surface area contributed by atoms with Crippen molar-refractivity contribution >= 4 is 21.6 Å². The third-order valence-electron chi connectivity index (χ3n) is 3.94. The summed E-state index contributed by atoms with van der Waals surface area (Å²) >= 11 is 0. The highest BCUT2D eigenvalue weighted by atomic mass is 32.2. The van der Waals surface area contributed by atoms with Gasteiger partial charge in [-0.05, 0) is 50.5 Å². The van der Waals surface area contributed by atoms with Gasteiger partial charge in [0.15, 0.2) is 0 Å². The summed E-state index contributed by atoms with van der Waals surface area (Å²) in [5.41, 5.74) is 2.97. The molecule has 0 heterocycles. The number of carbonyl (C=O) groups is 1. The van der Waals surface area contributed by atoms with E-state index in [1.54, 1.807) is 45.0 Å². The van der Waals surface area contributed by atoms with E-state index in [2.05, 4.69) is 10.0 Å². The van der Waals surface area contributed by atoms with Crippen LogP contribution in [0.2, 0.25) is 0 Å². The summed E-state index contributed by atoms with van der Waals surface area (Å²) in [5.74, 6) is -0.375. The molecule has 0 bridgehead atoms. The van der Waals surface area contributed by atoms with Crippen molar-refractivity contribution in [2.45, 2.75) is 45.1 Å². The Hall–Kier alpha value is -2.18. The minimum atomic E-state index is -3.80. The molecule has 0 radical (unpaired) electrons. The van der Waals surface area contributed by atoms with Crippen molar-refractivity contribution < 1.29 is 13.2 Å². The van der Waals surface area contributed by atoms with Crippen molar-refractivity contribution in [2.24, 2.45) is 0 Å². The first-order chi connectivity index (χ1) is 11.7. The first-order valence-electron chi connectivity index (χ1n) is 8.20. The molecular weight excluding hydrogens is 336 g/mol. The van der Waals surface area contributed by atoms with Gasteiger partial charge in [-0.15, -0.1) is 0 Å². The predicted molar refractivity (Wildman–Crippen MR) is 100 cm³/mol. The fourth-order valence-corrected chi connectivity index (χ4v) is 4.64. The number of nitrogens with one attached hydrogen (secondary N) is 2. The van der Waals surface area contributed by atoms with Crippen molar-refractivity contribution in [3.63, 3.8) is 0 Å². The van der Waals surface area contributed by atoms with Crippen molar-refractivity contribution in [3.8, 4) is 0 Å². The van der Waals surface area contributed by atoms with Crippen LogP contribution in [0.4, 0.5) is 5.69 Å². The highest BCUT2D eigenvalue weighted by Gasteiger charge is 2.27. The second-order valence-corrected chi connectivity index (χ2v) is 7.82. The molecule has 0 aromatic heterocycles. The van der Waals surface area contributed by atoms with Gasteiger partial charge in [0.1, 0.15) is 6.04 Å². The largest absolute Gasteiger partial charge is 0.325 e. The fourth-order valence-electron chi connectivity index (χ4n) is 2.91. The van der Waals surface area contributed by atoms with Crippen LogP contribution < -0.4 is 10.0 Å². The number of carbonyl (C=O) groups excluding carboxylic acids is 1. The van der Waals surface area contributed by atoms with Gasteiger partial charge in [0.05, 0.1) is 4.90 Å². The molecule has 0 aliphatic carbocycles. The number of anilines is 1. The molecule has 25 heavy (non-hydrogen) atoms. The smallest absolute Gasteiger partial charge is 0.242 e. The zero-order valence-electron chi connectivity index (χ0n) is 15.0. The molecule has 2 aromatic carbocycles. The number of aryl methyl sites for hydroxylation is 3. The molecule has 0 saturated carbocycles. The summed E-state index contributed by atoms with van der Waals surface area (Å²) in [7, 11) is -3.80. The predicted octanol–water partition coefficient (Wildman–Crippen LogP) is 3.31. The Morgan fingerprint density at radius 3 is 2.12 bits per heavy atom. The van der Waals surface area contributed by atoms with Crippen LogP contribution >= 0.6 is 0 Å². The van der Waals surface area contributed by atoms with E-state index in [4.69, 9.17) is 0 Å². The van der Waals surface area contributed by atoms with Gasteiger partial charge in [-0.25, -0.2) is 8.42 Å². The monoisotopic (exact) mass is 360 g/mol. The molecule has 6 heteroatoms. The molecule has 0 saturated heterocycles. The van der Waals surface area contributed by atoms with Crippen molar-refractivity contribution in [1.29, 1.82) is 0 Å². The van der Waals surface area contributed by atoms with E-state index in [9.17, 15) is 13.2 Å². The molecule has 2 rings (SSSR count). The Bertz CT molecular complexity index is 838. The molecule has 1 amide bonds. The first kappa shape index (κ1) is 19.1. The van der Waals surface area contributed by atoms with Crippen LogP contribution in [0.25, 0.3) is 0 Å². The van der Waals surface area contributed by atoms with E-state index < -0.39 is 16.1 Å². The van der Waals surface area contributed by atoms with Crippen LogP contribution in [0.5, 0.6) is 0 Å². The number of para-hydroxylation sites is 1. The van der Waals surface area contributed by atoms with Gasteiger partial charge in [-0.3, -0.25) is 4.79 Å². The number of amides is 1. The van der Waals surface area contributed by atoms with E-state index in [0.717, 1.165) is 5.56 Å². The Kier molecular flexibility index (Phi) is 5.98. The van der Waals surface area contributed by atoms with Gasteiger partial charge in [-0.1, -0.05) is 42.8 Å². The lowest BCUT2D eigenvalue weighted by Crippen LogP contribution is -2.43. The molecule has 0 aliphatic rings. The Morgan fingerprint density at radius 2 is 1.60 bits per heavy atom. The van der Waals surface area contributed by atoms with Crippen LogP contribution in [-0.2, 0) is 14.8 Å². The maximum absolute atomic E-state index is 12.8. The van der Waals surface area contributed by atoms with Crippen LogP contribution in [0.1, 0.15) is 30.0 Å². The Labute approximate surface area is 149 Å². The van der Waals surface area contributed by atoms with Gasteiger partial charge >= 0.3 is 0 Å². The second-order valence-electron chi connectivity index (χ2n) is 6.17. The van der Waals surface area contributed by atoms with Crippen LogP contribution in [0, 0.1) is 20.8 Å². The standard InChI is InChI=1S/C19H24N2O3S/c1-5-17(19(22)20-16-9-7-6-8-10-16)21-25(23,24)18-14(3)11-13(2)12-15(18)4/h6-12,17,21H,5H2,1-4H3,(H,20,22). The molecule has 2 N–H and O–H groups in total. The molecule has 0 aliphatic heterocycles. The molecule has 134 valence electrons. The van der Waals surface area contributed by atoms with Crippen LogP contribution in [0.3, 0.4) is 0 Å². The van der Waals surface area contributed by atoms with Gasteiger partial charge in [0.25, 0.3) is 0 Å². The molecule has 0 fully saturated rings. The normalized spacial score (nSPS) is 12.6. The van der Waals surface area contributed by atoms with Gasteiger partial charge in [-0.2, -0.15) is 4.72 Å². The third-order valence-corrected chi connectivity index (χ3v) is 5.71. The summed E-state index contributed by atoms with van der Waals surface area (Å²) in [6.07, 6.45) is 0.349.